The highest BCUT2D eigenvalue weighted by atomic mass is 19.4. The lowest BCUT2D eigenvalue weighted by Crippen LogP contribution is -2.24. The highest BCUT2D eigenvalue weighted by molar-refractivity contribution is 6.56. The molecule has 25 heavy (non-hydrogen) atoms. The maximum atomic E-state index is 12.7. The summed E-state index contributed by atoms with van der Waals surface area (Å²) in [4.78, 5) is 4.17. The van der Waals surface area contributed by atoms with Crippen LogP contribution in [0.25, 0.3) is 0 Å². The van der Waals surface area contributed by atoms with E-state index in [1.54, 1.807) is 14.0 Å². The molecule has 0 aromatic heterocycles. The van der Waals surface area contributed by atoms with Gasteiger partial charge >= 0.3 is 6.18 Å². The molecule has 1 heterocycles. The fourth-order valence-electron chi connectivity index (χ4n) is 2.32. The molecule has 1 aliphatic heterocycles. The standard InChI is InChI=1S/C16H16F3N3O.C2H6/c1-4-5-12-14(20-3)9(2)21-22-15(12)11-7-6-10(8-13(11)23)16(17,18)19;1-2/h5-8,23H,4H2,1-3H3;1-2H3/b12-5+,20-14?;. The van der Waals surface area contributed by atoms with Crippen molar-refractivity contribution in [3.8, 4) is 5.75 Å². The van der Waals surface area contributed by atoms with Gasteiger partial charge in [-0.3, -0.25) is 4.99 Å². The second-order valence-corrected chi connectivity index (χ2v) is 4.96. The normalized spacial score (nSPS) is 17.8. The number of phenolic OH excluding ortho intramolecular Hbond substituents is 1. The van der Waals surface area contributed by atoms with Crippen LogP contribution in [0, 0.1) is 0 Å². The number of aromatic hydroxyl groups is 1. The Labute approximate surface area is 145 Å². The summed E-state index contributed by atoms with van der Waals surface area (Å²) in [5.74, 6) is -0.495. The number of rotatable bonds is 2. The quantitative estimate of drug-likeness (QED) is 0.797. The van der Waals surface area contributed by atoms with Crippen molar-refractivity contribution < 1.29 is 18.3 Å². The summed E-state index contributed by atoms with van der Waals surface area (Å²) in [6, 6.07) is 2.80. The number of alkyl halides is 3. The topological polar surface area (TPSA) is 57.3 Å². The molecule has 0 saturated carbocycles. The minimum Gasteiger partial charge on any atom is -0.507 e. The summed E-state index contributed by atoms with van der Waals surface area (Å²) in [5, 5.41) is 18.1. The molecule has 0 saturated heterocycles. The second kappa shape index (κ2) is 8.60. The molecule has 0 amide bonds. The molecule has 0 fully saturated rings. The summed E-state index contributed by atoms with van der Waals surface area (Å²) in [6.07, 6.45) is -1.98. The molecule has 0 spiro atoms. The van der Waals surface area contributed by atoms with Crippen LogP contribution in [0.3, 0.4) is 0 Å². The lowest BCUT2D eigenvalue weighted by atomic mass is 9.93. The molecular weight excluding hydrogens is 331 g/mol. The lowest BCUT2D eigenvalue weighted by molar-refractivity contribution is -0.137. The molecule has 4 nitrogen and oxygen atoms in total. The van der Waals surface area contributed by atoms with Gasteiger partial charge in [-0.1, -0.05) is 26.8 Å². The third kappa shape index (κ3) is 4.55. The number of halogens is 3. The number of aliphatic imine (C=N–C) groups is 1. The predicted octanol–water partition coefficient (Wildman–Crippen LogP) is 5.02. The molecular formula is C18H22F3N3O. The SMILES string of the molecule is CC.CC/C=C1\C(=NC)C(C)=NN=C1c1ccc(C(F)(F)F)cc1O. The molecule has 0 bridgehead atoms. The van der Waals surface area contributed by atoms with Gasteiger partial charge in [-0.15, -0.1) is 5.10 Å². The van der Waals surface area contributed by atoms with E-state index in [4.69, 9.17) is 0 Å². The van der Waals surface area contributed by atoms with Gasteiger partial charge in [0.25, 0.3) is 0 Å². The van der Waals surface area contributed by atoms with E-state index in [1.807, 2.05) is 26.8 Å². The van der Waals surface area contributed by atoms with Crippen LogP contribution in [0.4, 0.5) is 13.2 Å². The van der Waals surface area contributed by atoms with Crippen molar-refractivity contribution >= 4 is 17.1 Å². The smallest absolute Gasteiger partial charge is 0.416 e. The van der Waals surface area contributed by atoms with Gasteiger partial charge in [0, 0.05) is 18.2 Å². The van der Waals surface area contributed by atoms with Crippen molar-refractivity contribution in [3.63, 3.8) is 0 Å². The first-order valence-electron chi connectivity index (χ1n) is 8.00. The van der Waals surface area contributed by atoms with E-state index >= 15 is 0 Å². The monoisotopic (exact) mass is 353 g/mol. The number of allylic oxidation sites excluding steroid dienone is 2. The summed E-state index contributed by atoms with van der Waals surface area (Å²) < 4.78 is 38.1. The first-order valence-corrected chi connectivity index (χ1v) is 8.00. The van der Waals surface area contributed by atoms with E-state index in [2.05, 4.69) is 15.2 Å². The number of hydrogen-bond acceptors (Lipinski definition) is 4. The van der Waals surface area contributed by atoms with Crippen LogP contribution in [0.1, 0.15) is 45.2 Å². The number of nitrogens with zero attached hydrogens (tertiary/aromatic N) is 3. The first-order chi connectivity index (χ1) is 11.8. The van der Waals surface area contributed by atoms with Gasteiger partial charge in [0.05, 0.1) is 17.0 Å². The maximum absolute atomic E-state index is 12.7. The van der Waals surface area contributed by atoms with Crippen LogP contribution >= 0.6 is 0 Å². The Morgan fingerprint density at radius 1 is 1.20 bits per heavy atom. The molecule has 136 valence electrons. The zero-order valence-electron chi connectivity index (χ0n) is 14.9. The third-order valence-corrected chi connectivity index (χ3v) is 3.36. The molecule has 1 aromatic carbocycles. The number of benzene rings is 1. The first kappa shape index (κ1) is 20.6. The summed E-state index contributed by atoms with van der Waals surface area (Å²) >= 11 is 0. The van der Waals surface area contributed by atoms with Crippen molar-refractivity contribution in [2.45, 2.75) is 40.3 Å². The van der Waals surface area contributed by atoms with Gasteiger partial charge in [0.1, 0.15) is 11.5 Å². The molecule has 0 unspecified atom stereocenters. The van der Waals surface area contributed by atoms with Gasteiger partial charge in [-0.25, -0.2) is 0 Å². The van der Waals surface area contributed by atoms with E-state index in [0.717, 1.165) is 6.07 Å². The largest absolute Gasteiger partial charge is 0.507 e. The maximum Gasteiger partial charge on any atom is 0.416 e. The second-order valence-electron chi connectivity index (χ2n) is 4.96. The molecule has 0 radical (unpaired) electrons. The van der Waals surface area contributed by atoms with Crippen LogP contribution in [-0.2, 0) is 6.18 Å². The molecule has 7 heteroatoms. The van der Waals surface area contributed by atoms with E-state index in [-0.39, 0.29) is 5.56 Å². The van der Waals surface area contributed by atoms with Gasteiger partial charge in [-0.05, 0) is 31.5 Å². The highest BCUT2D eigenvalue weighted by Gasteiger charge is 2.32. The van der Waals surface area contributed by atoms with E-state index in [1.165, 1.54) is 6.07 Å². The zero-order valence-corrected chi connectivity index (χ0v) is 14.9. The minimum absolute atomic E-state index is 0.190. The zero-order chi connectivity index (χ0) is 19.2. The van der Waals surface area contributed by atoms with Crippen LogP contribution in [0.5, 0.6) is 5.75 Å². The number of hydrogen-bond donors (Lipinski definition) is 1. The third-order valence-electron chi connectivity index (χ3n) is 3.36. The Morgan fingerprint density at radius 3 is 2.32 bits per heavy atom. The Bertz CT molecular complexity index is 744. The average molecular weight is 353 g/mol. The number of phenols is 1. The molecule has 0 atom stereocenters. The van der Waals surface area contributed by atoms with Crippen LogP contribution < -0.4 is 0 Å². The van der Waals surface area contributed by atoms with E-state index < -0.39 is 17.5 Å². The average Bonchev–Trinajstić information content (AvgIpc) is 2.57. The fourth-order valence-corrected chi connectivity index (χ4v) is 2.32. The Morgan fingerprint density at radius 2 is 1.84 bits per heavy atom. The van der Waals surface area contributed by atoms with Crippen molar-refractivity contribution in [2.75, 3.05) is 7.05 Å². The van der Waals surface area contributed by atoms with Crippen LogP contribution in [0.2, 0.25) is 0 Å². The molecule has 0 aliphatic carbocycles. The van der Waals surface area contributed by atoms with Gasteiger partial charge < -0.3 is 5.11 Å². The Hall–Kier alpha value is -2.44. The van der Waals surface area contributed by atoms with Crippen molar-refractivity contribution in [3.05, 3.63) is 41.0 Å². The van der Waals surface area contributed by atoms with Gasteiger partial charge in [0.15, 0.2) is 0 Å². The Balaban J connectivity index is 0.00000151. The molecule has 1 aliphatic rings. The predicted molar refractivity (Wildman–Crippen MR) is 95.8 cm³/mol. The molecule has 2 rings (SSSR count). The van der Waals surface area contributed by atoms with Crippen molar-refractivity contribution in [2.24, 2.45) is 15.2 Å². The summed E-state index contributed by atoms with van der Waals surface area (Å²) in [5.41, 5.74) is 1.45. The van der Waals surface area contributed by atoms with Crippen molar-refractivity contribution in [1.29, 1.82) is 0 Å². The molecule has 1 N–H and O–H groups in total. The Kier molecular flexibility index (Phi) is 7.09. The van der Waals surface area contributed by atoms with E-state index in [9.17, 15) is 18.3 Å². The van der Waals surface area contributed by atoms with Gasteiger partial charge in [0.2, 0.25) is 0 Å². The highest BCUT2D eigenvalue weighted by Crippen LogP contribution is 2.34. The van der Waals surface area contributed by atoms with Gasteiger partial charge in [-0.2, -0.15) is 18.3 Å². The minimum atomic E-state index is -4.52. The summed E-state index contributed by atoms with van der Waals surface area (Å²) in [7, 11) is 1.60. The van der Waals surface area contributed by atoms with Crippen LogP contribution in [-0.4, -0.2) is 29.3 Å². The van der Waals surface area contributed by atoms with Crippen LogP contribution in [0.15, 0.2) is 45.0 Å². The van der Waals surface area contributed by atoms with E-state index in [0.29, 0.717) is 35.2 Å². The summed E-state index contributed by atoms with van der Waals surface area (Å²) in [6.45, 7) is 7.67. The van der Waals surface area contributed by atoms with Crippen molar-refractivity contribution in [1.82, 2.24) is 0 Å². The lowest BCUT2D eigenvalue weighted by Gasteiger charge is -2.18. The molecule has 1 aromatic rings. The fraction of sp³-hybridized carbons (Fsp3) is 0.389.